The second-order valence-corrected chi connectivity index (χ2v) is 18.4. The first-order chi connectivity index (χ1) is 29.2. The Hall–Kier alpha value is -2.39. The molecule has 0 bridgehead atoms. The molecule has 3 N–H and O–H groups in total. The van der Waals surface area contributed by atoms with Gasteiger partial charge in [-0.15, -0.1) is 0 Å². The Morgan fingerprint density at radius 1 is 0.887 bits per heavy atom. The number of esters is 2. The normalized spacial score (nSPS) is 44.0. The van der Waals surface area contributed by atoms with Crippen LogP contribution < -0.4 is 0 Å². The summed E-state index contributed by atoms with van der Waals surface area (Å²) in [5.74, 6) is -2.18. The van der Waals surface area contributed by atoms with Gasteiger partial charge in [-0.2, -0.15) is 0 Å². The average molecular weight is 885 g/mol. The molecule has 62 heavy (non-hydrogen) atoms. The maximum Gasteiger partial charge on any atom is 0.308 e. The van der Waals surface area contributed by atoms with Gasteiger partial charge in [-0.25, -0.2) is 0 Å². The summed E-state index contributed by atoms with van der Waals surface area (Å²) in [5, 5.41) is 33.3. The number of methoxy groups -OCH3 is 1. The van der Waals surface area contributed by atoms with Crippen LogP contribution >= 0.6 is 0 Å². The third kappa shape index (κ3) is 14.1. The van der Waals surface area contributed by atoms with Gasteiger partial charge in [-0.3, -0.25) is 9.59 Å². The van der Waals surface area contributed by atoms with Gasteiger partial charge in [0.05, 0.1) is 54.7 Å². The van der Waals surface area contributed by atoms with Crippen LogP contribution in [0.25, 0.3) is 0 Å². The molecule has 4 aliphatic rings. The first kappa shape index (κ1) is 52.2. The van der Waals surface area contributed by atoms with E-state index in [1.54, 1.807) is 34.9 Å². The fraction of sp³-hybridized carbons (Fsp3) is 0.844. The molecule has 0 spiro atoms. The Labute approximate surface area is 368 Å². The second kappa shape index (κ2) is 23.7. The molecule has 0 aromatic heterocycles. The molecule has 17 heteroatoms. The summed E-state index contributed by atoms with van der Waals surface area (Å²) in [5.41, 5.74) is -1.50. The number of cyclic esters (lactones) is 1. The van der Waals surface area contributed by atoms with Crippen LogP contribution in [0.3, 0.4) is 0 Å². The van der Waals surface area contributed by atoms with E-state index in [1.165, 1.54) is 21.0 Å². The number of allylic oxidation sites excluding steroid dienone is 2. The summed E-state index contributed by atoms with van der Waals surface area (Å²) in [6, 6.07) is -0.475. The highest BCUT2D eigenvalue weighted by Gasteiger charge is 2.53. The number of ether oxygens (including phenoxy) is 9. The fourth-order valence-electron chi connectivity index (χ4n) is 9.39. The number of likely N-dealkylation sites (N-methyl/N-ethyl adjacent to an activating group) is 2. The van der Waals surface area contributed by atoms with E-state index < -0.39 is 116 Å². The summed E-state index contributed by atoms with van der Waals surface area (Å²) in [7, 11) is 9.03. The molecule has 0 radical (unpaired) electrons. The quantitative estimate of drug-likeness (QED) is 0.191. The van der Waals surface area contributed by atoms with Crippen molar-refractivity contribution in [1.29, 1.82) is 0 Å². The first-order valence-electron chi connectivity index (χ1n) is 22.2. The summed E-state index contributed by atoms with van der Waals surface area (Å²) < 4.78 is 56.6. The third-order valence-corrected chi connectivity index (χ3v) is 12.7. The highest BCUT2D eigenvalue weighted by molar-refractivity contribution is 5.70. The molecule has 4 heterocycles. The van der Waals surface area contributed by atoms with E-state index in [9.17, 15) is 29.7 Å². The number of carbonyl (C=O) groups excluding carboxylic acids is 3. The Kier molecular flexibility index (Phi) is 20.0. The van der Waals surface area contributed by atoms with Crippen molar-refractivity contribution in [3.05, 3.63) is 24.3 Å². The number of carbonyl (C=O) groups is 3. The molecule has 0 aromatic rings. The minimum atomic E-state index is -1.50. The number of hydrogen-bond donors (Lipinski definition) is 3. The molecule has 0 amide bonds. The zero-order chi connectivity index (χ0) is 46.1. The predicted octanol–water partition coefficient (Wildman–Crippen LogP) is 2.90. The van der Waals surface area contributed by atoms with E-state index >= 15 is 0 Å². The molecular formula is C45H76N2O15. The van der Waals surface area contributed by atoms with E-state index in [0.29, 0.717) is 19.3 Å². The van der Waals surface area contributed by atoms with Crippen molar-refractivity contribution in [2.24, 2.45) is 11.8 Å². The molecule has 4 aliphatic heterocycles. The molecule has 4 rings (SSSR count). The van der Waals surface area contributed by atoms with Gasteiger partial charge in [0, 0.05) is 39.3 Å². The van der Waals surface area contributed by atoms with Crippen molar-refractivity contribution in [3.8, 4) is 0 Å². The topological polar surface area (TPSA) is 201 Å². The summed E-state index contributed by atoms with van der Waals surface area (Å²) in [6.07, 6.45) is -1.89. The van der Waals surface area contributed by atoms with E-state index in [0.717, 1.165) is 12.7 Å². The van der Waals surface area contributed by atoms with Gasteiger partial charge in [0.15, 0.2) is 25.0 Å². The van der Waals surface area contributed by atoms with Crippen LogP contribution in [0.2, 0.25) is 0 Å². The van der Waals surface area contributed by atoms with Crippen molar-refractivity contribution in [2.45, 2.75) is 197 Å². The fourth-order valence-corrected chi connectivity index (χ4v) is 9.39. The lowest BCUT2D eigenvalue weighted by Crippen LogP contribution is -2.66. The van der Waals surface area contributed by atoms with Crippen LogP contribution in [-0.4, -0.2) is 182 Å². The molecule has 0 aromatic carbocycles. The van der Waals surface area contributed by atoms with E-state index in [1.807, 2.05) is 57.1 Å². The molecule has 0 saturated carbocycles. The molecular weight excluding hydrogens is 808 g/mol. The largest absolute Gasteiger partial charge is 0.462 e. The Morgan fingerprint density at radius 3 is 2.18 bits per heavy atom. The van der Waals surface area contributed by atoms with Gasteiger partial charge in [0.2, 0.25) is 0 Å². The number of aliphatic hydroxyl groups is 3. The zero-order valence-corrected chi connectivity index (χ0v) is 38.9. The lowest BCUT2D eigenvalue weighted by Gasteiger charge is -2.50. The van der Waals surface area contributed by atoms with Crippen LogP contribution in [0.15, 0.2) is 24.3 Å². The van der Waals surface area contributed by atoms with Crippen molar-refractivity contribution >= 4 is 18.2 Å². The minimum Gasteiger partial charge on any atom is -0.462 e. The highest BCUT2D eigenvalue weighted by Crippen LogP contribution is 2.38. The van der Waals surface area contributed by atoms with Crippen LogP contribution in [0.5, 0.6) is 0 Å². The van der Waals surface area contributed by atoms with Crippen LogP contribution in [0.4, 0.5) is 0 Å². The van der Waals surface area contributed by atoms with Gasteiger partial charge < -0.3 is 72.5 Å². The zero-order valence-electron chi connectivity index (χ0n) is 38.9. The Morgan fingerprint density at radius 2 is 1.58 bits per heavy atom. The first-order valence-corrected chi connectivity index (χ1v) is 22.2. The number of hydrogen-bond acceptors (Lipinski definition) is 17. The molecule has 19 atom stereocenters. The lowest BCUT2D eigenvalue weighted by atomic mass is 9.82. The Bertz CT molecular complexity index is 1480. The molecule has 3 fully saturated rings. The molecule has 3 saturated heterocycles. The van der Waals surface area contributed by atoms with E-state index in [2.05, 4.69) is 4.90 Å². The molecule has 0 aliphatic carbocycles. The van der Waals surface area contributed by atoms with E-state index in [4.69, 9.17) is 42.6 Å². The molecule has 17 nitrogen and oxygen atoms in total. The van der Waals surface area contributed by atoms with Crippen LogP contribution in [-0.2, 0) is 57.0 Å². The van der Waals surface area contributed by atoms with Gasteiger partial charge in [-0.1, -0.05) is 31.2 Å². The van der Waals surface area contributed by atoms with Gasteiger partial charge >= 0.3 is 11.9 Å². The van der Waals surface area contributed by atoms with Crippen molar-refractivity contribution in [1.82, 2.24) is 9.80 Å². The lowest BCUT2D eigenvalue weighted by molar-refractivity contribution is -0.344. The van der Waals surface area contributed by atoms with Gasteiger partial charge in [-0.05, 0) is 93.9 Å². The standard InChI is InChI=1S/C45H76N2O15/c1-25-22-31(20-21-48)40(62-44-42(59-30(6)49)38(47(10)11)39(28(4)58-44)61-37-24-45(7,53)43(52)29(5)57-37)41(54-12)33(50)23-35(51)55-26(2)16-14-13-15-17-34(25)60-36-19-18-32(46(8)9)27(3)56-36/h13-15,17,21,25-29,31-34,36-44,50,52-53H,16,18-20,22-24H2,1-12H3/b14-13+,17-15+/t25-,26-,27-,28-,29+,31+,32-,33-,34+,36-,37-,38+,39+,40+,41+,42+,43-,44+,45+/m1/s1. The number of aldehydes is 1. The minimum absolute atomic E-state index is 0.0345. The maximum absolute atomic E-state index is 13.2. The maximum atomic E-state index is 13.2. The predicted molar refractivity (Wildman–Crippen MR) is 226 cm³/mol. The van der Waals surface area contributed by atoms with Gasteiger partial charge in [0.1, 0.15) is 30.7 Å². The van der Waals surface area contributed by atoms with E-state index in [-0.39, 0.29) is 30.9 Å². The SMILES string of the molecule is CO[C@@H]1[C@@H](O[C@@H]2O[C@H](C)[C@H](O[C@@H]3C[C@](C)(O)[C@H](O)[C@H](C)O3)[C@H](N(C)C)[C@@H]2OC(C)=O)[C@@H](CC=O)C[C@@H](C)[C@@H](O[C@@H]2CC[C@@H](N(C)C)[C@@H](C)O2)/C=C/C=C/C[C@@H](C)OC(=O)C[C@H]1O. The third-order valence-electron chi connectivity index (χ3n) is 12.7. The molecule has 0 unspecified atom stereocenters. The number of rotatable bonds is 12. The monoisotopic (exact) mass is 885 g/mol. The summed E-state index contributed by atoms with van der Waals surface area (Å²) in [4.78, 5) is 42.6. The van der Waals surface area contributed by atoms with Crippen molar-refractivity contribution in [2.75, 3.05) is 35.3 Å². The second-order valence-electron chi connectivity index (χ2n) is 18.4. The number of nitrogens with zero attached hydrogens (tertiary/aromatic N) is 2. The highest BCUT2D eigenvalue weighted by atomic mass is 16.7. The summed E-state index contributed by atoms with van der Waals surface area (Å²) in [6.45, 7) is 12.0. The number of aliphatic hydroxyl groups excluding tert-OH is 2. The van der Waals surface area contributed by atoms with Gasteiger partial charge in [0.25, 0.3) is 0 Å². The summed E-state index contributed by atoms with van der Waals surface area (Å²) >= 11 is 0. The van der Waals surface area contributed by atoms with Crippen molar-refractivity contribution < 1.29 is 72.3 Å². The van der Waals surface area contributed by atoms with Crippen molar-refractivity contribution in [3.63, 3.8) is 0 Å². The van der Waals surface area contributed by atoms with Crippen LogP contribution in [0, 0.1) is 11.8 Å². The Balaban J connectivity index is 1.73. The molecule has 356 valence electrons. The smallest absolute Gasteiger partial charge is 0.308 e. The van der Waals surface area contributed by atoms with Crippen LogP contribution in [0.1, 0.15) is 93.4 Å². The average Bonchev–Trinajstić information content (AvgIpc) is 3.16.